The molecule has 106 valence electrons. The molecule has 0 spiro atoms. The van der Waals surface area contributed by atoms with Gasteiger partial charge in [-0.05, 0) is 19.1 Å². The number of nitrogens with one attached hydrogen (secondary N) is 1. The molecule has 0 aliphatic rings. The van der Waals surface area contributed by atoms with E-state index in [4.69, 9.17) is 0 Å². The molecular formula is C13H14N2O3S2. The average molecular weight is 310 g/mol. The molecule has 0 aliphatic heterocycles. The van der Waals surface area contributed by atoms with E-state index in [1.807, 2.05) is 12.3 Å². The summed E-state index contributed by atoms with van der Waals surface area (Å²) in [4.78, 5) is 16.2. The van der Waals surface area contributed by atoms with Crippen LogP contribution in [0.25, 0.3) is 0 Å². The number of hydrogen-bond donors (Lipinski definition) is 1. The van der Waals surface area contributed by atoms with Gasteiger partial charge in [0.25, 0.3) is 0 Å². The molecule has 0 atom stereocenters. The first-order valence-corrected chi connectivity index (χ1v) is 8.63. The van der Waals surface area contributed by atoms with Gasteiger partial charge in [-0.25, -0.2) is 13.4 Å². The van der Waals surface area contributed by atoms with Crippen molar-refractivity contribution in [2.24, 2.45) is 0 Å². The second-order valence-corrected chi connectivity index (χ2v) is 7.40. The molecule has 1 N–H and O–H groups in total. The Labute approximate surface area is 121 Å². The minimum absolute atomic E-state index is 0.114. The van der Waals surface area contributed by atoms with Gasteiger partial charge >= 0.3 is 0 Å². The molecule has 0 unspecified atom stereocenters. The fourth-order valence-electron chi connectivity index (χ4n) is 1.74. The molecule has 5 nitrogen and oxygen atoms in total. The number of thiazole rings is 1. The standard InChI is InChI=1S/C13H14N2O3S2/c1-9-14-10(8-19-9)7-13(16)15-11-5-3-4-6-12(11)20(2,17)18/h3-6,8H,7H2,1-2H3,(H,15,16). The number of anilines is 1. The summed E-state index contributed by atoms with van der Waals surface area (Å²) in [5, 5.41) is 5.33. The van der Waals surface area contributed by atoms with Crippen molar-refractivity contribution in [2.75, 3.05) is 11.6 Å². The molecule has 2 aromatic rings. The summed E-state index contributed by atoms with van der Waals surface area (Å²) >= 11 is 1.47. The molecule has 2 rings (SSSR count). The minimum atomic E-state index is -3.38. The smallest absolute Gasteiger partial charge is 0.230 e. The third-order valence-corrected chi connectivity index (χ3v) is 4.55. The summed E-state index contributed by atoms with van der Waals surface area (Å²) in [6, 6.07) is 6.34. The van der Waals surface area contributed by atoms with Crippen LogP contribution in [0.1, 0.15) is 10.7 Å². The van der Waals surface area contributed by atoms with Gasteiger partial charge < -0.3 is 5.32 Å². The van der Waals surface area contributed by atoms with Crippen LogP contribution in [0.2, 0.25) is 0 Å². The second kappa shape index (κ2) is 5.72. The fourth-order valence-corrected chi connectivity index (χ4v) is 3.20. The third kappa shape index (κ3) is 3.64. The maximum atomic E-state index is 11.9. The molecule has 1 aromatic heterocycles. The Balaban J connectivity index is 2.16. The fraction of sp³-hybridized carbons (Fsp3) is 0.231. The SMILES string of the molecule is Cc1nc(CC(=O)Nc2ccccc2S(C)(=O)=O)cs1. The number of hydrogen-bond acceptors (Lipinski definition) is 5. The van der Waals surface area contributed by atoms with Crippen LogP contribution in [-0.4, -0.2) is 25.6 Å². The monoisotopic (exact) mass is 310 g/mol. The molecule has 0 aliphatic carbocycles. The van der Waals surface area contributed by atoms with Gasteiger partial charge in [0.2, 0.25) is 5.91 Å². The molecule has 1 amide bonds. The van der Waals surface area contributed by atoms with Crippen LogP contribution < -0.4 is 5.32 Å². The molecule has 1 aromatic carbocycles. The lowest BCUT2D eigenvalue weighted by Gasteiger charge is -2.08. The number of rotatable bonds is 4. The lowest BCUT2D eigenvalue weighted by molar-refractivity contribution is -0.115. The highest BCUT2D eigenvalue weighted by atomic mass is 32.2. The average Bonchev–Trinajstić information content (AvgIpc) is 2.73. The zero-order chi connectivity index (χ0) is 14.8. The molecule has 0 radical (unpaired) electrons. The van der Waals surface area contributed by atoms with Crippen LogP contribution >= 0.6 is 11.3 Å². The first-order valence-electron chi connectivity index (χ1n) is 5.86. The number of benzene rings is 1. The first kappa shape index (κ1) is 14.7. The van der Waals surface area contributed by atoms with Crippen molar-refractivity contribution in [3.63, 3.8) is 0 Å². The number of carbonyl (C=O) groups excluding carboxylic acids is 1. The number of para-hydroxylation sites is 1. The van der Waals surface area contributed by atoms with Crippen molar-refractivity contribution < 1.29 is 13.2 Å². The Morgan fingerprint density at radius 3 is 2.65 bits per heavy atom. The quantitative estimate of drug-likeness (QED) is 0.937. The van der Waals surface area contributed by atoms with Crippen LogP contribution in [0.3, 0.4) is 0 Å². The molecule has 0 fully saturated rings. The zero-order valence-electron chi connectivity index (χ0n) is 11.1. The molecule has 20 heavy (non-hydrogen) atoms. The van der Waals surface area contributed by atoms with Gasteiger partial charge in [-0.3, -0.25) is 4.79 Å². The van der Waals surface area contributed by atoms with E-state index in [1.165, 1.54) is 17.4 Å². The van der Waals surface area contributed by atoms with Crippen LogP contribution in [0.15, 0.2) is 34.5 Å². The van der Waals surface area contributed by atoms with Crippen molar-refractivity contribution >= 4 is 32.8 Å². The highest BCUT2D eigenvalue weighted by molar-refractivity contribution is 7.90. The van der Waals surface area contributed by atoms with Gasteiger partial charge in [-0.2, -0.15) is 0 Å². The van der Waals surface area contributed by atoms with Crippen molar-refractivity contribution in [1.29, 1.82) is 0 Å². The number of amides is 1. The van der Waals surface area contributed by atoms with E-state index in [1.54, 1.807) is 18.2 Å². The molecule has 1 heterocycles. The van der Waals surface area contributed by atoms with Crippen molar-refractivity contribution in [2.45, 2.75) is 18.2 Å². The molecular weight excluding hydrogens is 296 g/mol. The molecule has 0 bridgehead atoms. The summed E-state index contributed by atoms with van der Waals surface area (Å²) < 4.78 is 23.3. The van der Waals surface area contributed by atoms with E-state index in [-0.39, 0.29) is 17.2 Å². The van der Waals surface area contributed by atoms with Crippen molar-refractivity contribution in [1.82, 2.24) is 4.98 Å². The Kier molecular flexibility index (Phi) is 4.20. The van der Waals surface area contributed by atoms with Gasteiger partial charge in [0, 0.05) is 11.6 Å². The number of aromatic nitrogens is 1. The van der Waals surface area contributed by atoms with E-state index >= 15 is 0 Å². The van der Waals surface area contributed by atoms with E-state index in [0.717, 1.165) is 11.3 Å². The number of nitrogens with zero attached hydrogens (tertiary/aromatic N) is 1. The van der Waals surface area contributed by atoms with E-state index < -0.39 is 9.84 Å². The molecule has 0 saturated heterocycles. The van der Waals surface area contributed by atoms with Crippen LogP contribution in [0.5, 0.6) is 0 Å². The Morgan fingerprint density at radius 1 is 1.35 bits per heavy atom. The largest absolute Gasteiger partial charge is 0.325 e. The Morgan fingerprint density at radius 2 is 2.05 bits per heavy atom. The normalized spacial score (nSPS) is 11.3. The lowest BCUT2D eigenvalue weighted by Crippen LogP contribution is -2.16. The minimum Gasteiger partial charge on any atom is -0.325 e. The molecule has 7 heteroatoms. The predicted octanol–water partition coefficient (Wildman–Crippen LogP) is 2.04. The Hall–Kier alpha value is -1.73. The highest BCUT2D eigenvalue weighted by Crippen LogP contribution is 2.20. The van der Waals surface area contributed by atoms with E-state index in [0.29, 0.717) is 11.4 Å². The maximum Gasteiger partial charge on any atom is 0.230 e. The van der Waals surface area contributed by atoms with Gasteiger partial charge in [-0.1, -0.05) is 12.1 Å². The lowest BCUT2D eigenvalue weighted by atomic mass is 10.3. The summed E-state index contributed by atoms with van der Waals surface area (Å²) in [6.07, 6.45) is 1.24. The predicted molar refractivity (Wildman–Crippen MR) is 78.7 cm³/mol. The van der Waals surface area contributed by atoms with Crippen LogP contribution in [0, 0.1) is 6.92 Å². The topological polar surface area (TPSA) is 76.1 Å². The van der Waals surface area contributed by atoms with Gasteiger partial charge in [0.05, 0.1) is 27.7 Å². The van der Waals surface area contributed by atoms with Crippen molar-refractivity contribution in [3.8, 4) is 0 Å². The summed E-state index contributed by atoms with van der Waals surface area (Å²) in [6.45, 7) is 1.87. The number of carbonyl (C=O) groups is 1. The van der Waals surface area contributed by atoms with E-state index in [9.17, 15) is 13.2 Å². The number of sulfone groups is 1. The summed E-state index contributed by atoms with van der Waals surface area (Å²) in [5.74, 6) is -0.286. The van der Waals surface area contributed by atoms with Gasteiger partial charge in [-0.15, -0.1) is 11.3 Å². The number of aryl methyl sites for hydroxylation is 1. The first-order chi connectivity index (χ1) is 9.36. The van der Waals surface area contributed by atoms with Gasteiger partial charge in [0.15, 0.2) is 9.84 Å². The van der Waals surface area contributed by atoms with Crippen molar-refractivity contribution in [3.05, 3.63) is 40.3 Å². The molecule has 0 saturated carbocycles. The highest BCUT2D eigenvalue weighted by Gasteiger charge is 2.15. The second-order valence-electron chi connectivity index (χ2n) is 4.35. The maximum absolute atomic E-state index is 11.9. The Bertz CT molecular complexity index is 736. The van der Waals surface area contributed by atoms with E-state index in [2.05, 4.69) is 10.3 Å². The summed E-state index contributed by atoms with van der Waals surface area (Å²) in [5.41, 5.74) is 0.980. The van der Waals surface area contributed by atoms with Crippen LogP contribution in [-0.2, 0) is 21.1 Å². The summed E-state index contributed by atoms with van der Waals surface area (Å²) in [7, 11) is -3.38. The third-order valence-electron chi connectivity index (χ3n) is 2.57. The van der Waals surface area contributed by atoms with Gasteiger partial charge in [0.1, 0.15) is 0 Å². The van der Waals surface area contributed by atoms with Crippen LogP contribution in [0.4, 0.5) is 5.69 Å². The zero-order valence-corrected chi connectivity index (χ0v) is 12.7.